The highest BCUT2D eigenvalue weighted by atomic mass is 32.1. The number of nitrogens with two attached hydrogens (primary N) is 1. The maximum absolute atomic E-state index is 12.5. The van der Waals surface area contributed by atoms with Crippen LogP contribution in [0.1, 0.15) is 11.4 Å². The van der Waals surface area contributed by atoms with E-state index in [0.29, 0.717) is 13.0 Å². The van der Waals surface area contributed by atoms with Crippen LogP contribution in [0.15, 0.2) is 42.7 Å². The van der Waals surface area contributed by atoms with Gasteiger partial charge in [-0.1, -0.05) is 42.5 Å². The van der Waals surface area contributed by atoms with Crippen LogP contribution in [-0.2, 0) is 17.8 Å². The van der Waals surface area contributed by atoms with Crippen molar-refractivity contribution in [3.05, 3.63) is 54.1 Å². The summed E-state index contributed by atoms with van der Waals surface area (Å²) < 4.78 is 0. The number of H-pyrrole nitrogens is 1. The third-order valence-electron chi connectivity index (χ3n) is 3.24. The van der Waals surface area contributed by atoms with Gasteiger partial charge in [-0.05, 0) is 12.0 Å². The summed E-state index contributed by atoms with van der Waals surface area (Å²) in [5.74, 6) is 0.136. The molecule has 1 atom stereocenters. The third-order valence-corrected chi connectivity index (χ3v) is 3.53. The molecule has 2 aromatic rings. The lowest BCUT2D eigenvalue weighted by Crippen LogP contribution is -2.40. The van der Waals surface area contributed by atoms with Crippen molar-refractivity contribution >= 4 is 23.1 Å². The van der Waals surface area contributed by atoms with Crippen LogP contribution in [0.5, 0.6) is 0 Å². The van der Waals surface area contributed by atoms with Crippen LogP contribution >= 0.6 is 12.2 Å². The van der Waals surface area contributed by atoms with Crippen molar-refractivity contribution in [2.45, 2.75) is 13.0 Å². The number of carbonyl (C=O) groups excluding carboxylic acids is 1. The molecule has 1 aromatic carbocycles. The molecular formula is C15H18N4OS. The van der Waals surface area contributed by atoms with E-state index in [4.69, 9.17) is 18.0 Å². The summed E-state index contributed by atoms with van der Waals surface area (Å²) in [6.45, 7) is 0.403. The molecule has 0 saturated carbocycles. The maximum atomic E-state index is 12.5. The molecule has 21 heavy (non-hydrogen) atoms. The Morgan fingerprint density at radius 2 is 2.14 bits per heavy atom. The maximum Gasteiger partial charge on any atom is 0.232 e. The van der Waals surface area contributed by atoms with Gasteiger partial charge in [-0.25, -0.2) is 4.98 Å². The van der Waals surface area contributed by atoms with Crippen molar-refractivity contribution in [1.29, 1.82) is 0 Å². The predicted octanol–water partition coefficient (Wildman–Crippen LogP) is 1.51. The molecule has 1 unspecified atom stereocenters. The number of rotatable bonds is 6. The average molecular weight is 302 g/mol. The molecule has 0 aliphatic carbocycles. The number of benzene rings is 1. The normalized spacial score (nSPS) is 11.9. The molecule has 6 heteroatoms. The van der Waals surface area contributed by atoms with E-state index in [1.54, 1.807) is 24.3 Å². The van der Waals surface area contributed by atoms with Gasteiger partial charge in [-0.15, -0.1) is 0 Å². The molecule has 0 spiro atoms. The van der Waals surface area contributed by atoms with Gasteiger partial charge in [0.05, 0.1) is 17.5 Å². The molecule has 5 nitrogen and oxygen atoms in total. The molecule has 3 N–H and O–H groups in total. The summed E-state index contributed by atoms with van der Waals surface area (Å²) in [4.78, 5) is 21.4. The second-order valence-corrected chi connectivity index (χ2v) is 5.35. The summed E-state index contributed by atoms with van der Waals surface area (Å²) >= 11 is 5.07. The van der Waals surface area contributed by atoms with Crippen LogP contribution in [0.3, 0.4) is 0 Å². The van der Waals surface area contributed by atoms with Crippen LogP contribution < -0.4 is 5.73 Å². The van der Waals surface area contributed by atoms with Crippen LogP contribution in [0.4, 0.5) is 0 Å². The van der Waals surface area contributed by atoms with Gasteiger partial charge in [0.25, 0.3) is 0 Å². The average Bonchev–Trinajstić information content (AvgIpc) is 2.97. The van der Waals surface area contributed by atoms with Crippen LogP contribution in [0, 0.1) is 5.92 Å². The van der Waals surface area contributed by atoms with Crippen LogP contribution in [0.2, 0.25) is 0 Å². The summed E-state index contributed by atoms with van der Waals surface area (Å²) in [6, 6.07) is 9.73. The molecule has 0 fully saturated rings. The number of hydrogen-bond donors (Lipinski definition) is 2. The minimum Gasteiger partial charge on any atom is -0.393 e. The fourth-order valence-electron chi connectivity index (χ4n) is 2.11. The Kier molecular flexibility index (Phi) is 5.05. The molecule has 2 rings (SSSR count). The van der Waals surface area contributed by atoms with Crippen molar-refractivity contribution < 1.29 is 4.79 Å². The molecule has 0 aliphatic rings. The monoisotopic (exact) mass is 302 g/mol. The summed E-state index contributed by atoms with van der Waals surface area (Å²) in [5.41, 5.74) is 6.79. The lowest BCUT2D eigenvalue weighted by Gasteiger charge is -2.22. The van der Waals surface area contributed by atoms with Crippen molar-refractivity contribution in [3.63, 3.8) is 0 Å². The Bertz CT molecular complexity index is 597. The zero-order valence-corrected chi connectivity index (χ0v) is 12.6. The van der Waals surface area contributed by atoms with Gasteiger partial charge in [-0.3, -0.25) is 4.79 Å². The zero-order chi connectivity index (χ0) is 15.2. The SMILES string of the molecule is CN(Cc1ncc[nH]1)C(=O)C(Cc1ccccc1)C(N)=S. The first-order valence-electron chi connectivity index (χ1n) is 6.64. The van der Waals surface area contributed by atoms with E-state index in [9.17, 15) is 4.79 Å². The summed E-state index contributed by atoms with van der Waals surface area (Å²) in [5, 5.41) is 0. The zero-order valence-electron chi connectivity index (χ0n) is 11.8. The standard InChI is InChI=1S/C15H18N4OS/c1-19(10-13-17-7-8-18-13)15(20)12(14(16)21)9-11-5-3-2-4-6-11/h2-8,12H,9-10H2,1H3,(H2,16,21)(H,17,18). The fourth-order valence-corrected chi connectivity index (χ4v) is 2.30. The Morgan fingerprint density at radius 3 is 2.71 bits per heavy atom. The number of nitrogens with zero attached hydrogens (tertiary/aromatic N) is 2. The van der Waals surface area contributed by atoms with Gasteiger partial charge in [0.1, 0.15) is 5.82 Å². The fraction of sp³-hybridized carbons (Fsp3) is 0.267. The van der Waals surface area contributed by atoms with E-state index in [-0.39, 0.29) is 10.9 Å². The van der Waals surface area contributed by atoms with E-state index >= 15 is 0 Å². The quantitative estimate of drug-likeness (QED) is 0.793. The number of nitrogens with one attached hydrogen (secondary N) is 1. The third kappa shape index (κ3) is 4.13. The minimum absolute atomic E-state index is 0.0947. The van der Waals surface area contributed by atoms with E-state index in [1.807, 2.05) is 30.3 Å². The van der Waals surface area contributed by atoms with Crippen molar-refractivity contribution in [2.75, 3.05) is 7.05 Å². The highest BCUT2D eigenvalue weighted by Crippen LogP contribution is 2.13. The highest BCUT2D eigenvalue weighted by molar-refractivity contribution is 7.80. The Hall–Kier alpha value is -2.21. The van der Waals surface area contributed by atoms with Gasteiger partial charge in [-0.2, -0.15) is 0 Å². The lowest BCUT2D eigenvalue weighted by molar-refractivity contribution is -0.132. The topological polar surface area (TPSA) is 75.0 Å². The van der Waals surface area contributed by atoms with Gasteiger partial charge < -0.3 is 15.6 Å². The lowest BCUT2D eigenvalue weighted by atomic mass is 9.98. The van der Waals surface area contributed by atoms with E-state index in [2.05, 4.69) is 9.97 Å². The second kappa shape index (κ2) is 6.99. The molecule has 0 saturated heterocycles. The van der Waals surface area contributed by atoms with Gasteiger partial charge in [0, 0.05) is 19.4 Å². The summed E-state index contributed by atoms with van der Waals surface area (Å²) in [6.07, 6.45) is 3.89. The number of aromatic amines is 1. The number of hydrogen-bond acceptors (Lipinski definition) is 3. The summed E-state index contributed by atoms with van der Waals surface area (Å²) in [7, 11) is 1.72. The molecule has 1 heterocycles. The second-order valence-electron chi connectivity index (χ2n) is 4.87. The van der Waals surface area contributed by atoms with Gasteiger partial charge >= 0.3 is 0 Å². The van der Waals surface area contributed by atoms with Gasteiger partial charge in [0.15, 0.2) is 0 Å². The molecule has 110 valence electrons. The van der Waals surface area contributed by atoms with E-state index in [0.717, 1.165) is 11.4 Å². The van der Waals surface area contributed by atoms with Crippen LogP contribution in [-0.4, -0.2) is 32.8 Å². The molecule has 1 aromatic heterocycles. The smallest absolute Gasteiger partial charge is 0.232 e. The number of carbonyl (C=O) groups is 1. The predicted molar refractivity (Wildman–Crippen MR) is 85.5 cm³/mol. The molecule has 0 radical (unpaired) electrons. The highest BCUT2D eigenvalue weighted by Gasteiger charge is 2.25. The molecule has 0 aliphatic heterocycles. The molecular weight excluding hydrogens is 284 g/mol. The number of aromatic nitrogens is 2. The number of thiocarbonyl (C=S) groups is 1. The van der Waals surface area contributed by atoms with Gasteiger partial charge in [0.2, 0.25) is 5.91 Å². The first-order valence-corrected chi connectivity index (χ1v) is 7.05. The first-order chi connectivity index (χ1) is 10.1. The molecule has 1 amide bonds. The Labute approximate surface area is 129 Å². The van der Waals surface area contributed by atoms with Crippen molar-refractivity contribution in [1.82, 2.24) is 14.9 Å². The van der Waals surface area contributed by atoms with E-state index < -0.39 is 5.92 Å². The van der Waals surface area contributed by atoms with Crippen LogP contribution in [0.25, 0.3) is 0 Å². The molecule has 0 bridgehead atoms. The Morgan fingerprint density at radius 1 is 1.43 bits per heavy atom. The van der Waals surface area contributed by atoms with Crippen molar-refractivity contribution in [2.24, 2.45) is 11.7 Å². The van der Waals surface area contributed by atoms with Crippen molar-refractivity contribution in [3.8, 4) is 0 Å². The Balaban J connectivity index is 2.06. The van der Waals surface area contributed by atoms with E-state index in [1.165, 1.54) is 0 Å². The number of amides is 1. The number of imidazole rings is 1. The first kappa shape index (κ1) is 15.2. The minimum atomic E-state index is -0.498. The largest absolute Gasteiger partial charge is 0.393 e.